The molecule has 0 radical (unpaired) electrons. The van der Waals surface area contributed by atoms with Gasteiger partial charge in [0, 0.05) is 30.1 Å². The minimum atomic E-state index is -4.91. The molecule has 5 rings (SSSR count). The van der Waals surface area contributed by atoms with Gasteiger partial charge in [0.25, 0.3) is 11.8 Å². The molecule has 4 aromatic rings. The highest BCUT2D eigenvalue weighted by molar-refractivity contribution is 6.10. The van der Waals surface area contributed by atoms with Crippen molar-refractivity contribution in [3.05, 3.63) is 59.3 Å². The molecule has 16 heteroatoms. The third-order valence-corrected chi connectivity index (χ3v) is 6.39. The number of nitrogens with two attached hydrogens (primary N) is 1. The Labute approximate surface area is 221 Å². The van der Waals surface area contributed by atoms with E-state index in [9.17, 15) is 42.5 Å². The van der Waals surface area contributed by atoms with Gasteiger partial charge in [0.05, 0.1) is 40.4 Å². The normalized spacial score (nSPS) is 14.1. The molecule has 1 fully saturated rings. The summed E-state index contributed by atoms with van der Waals surface area (Å²) in [5.74, 6) is -4.33. The van der Waals surface area contributed by atoms with E-state index in [2.05, 4.69) is 15.1 Å². The van der Waals surface area contributed by atoms with Gasteiger partial charge in [-0.05, 0) is 37.1 Å². The van der Waals surface area contributed by atoms with Gasteiger partial charge < -0.3 is 21.1 Å². The highest BCUT2D eigenvalue weighted by Gasteiger charge is 2.47. The molecule has 1 saturated carbocycles. The molecule has 5 N–H and O–H groups in total. The molecule has 0 bridgehead atoms. The Kier molecular flexibility index (Phi) is 6.35. The van der Waals surface area contributed by atoms with Gasteiger partial charge >= 0.3 is 12.3 Å². The van der Waals surface area contributed by atoms with Crippen LogP contribution >= 0.6 is 0 Å². The second-order valence-electron chi connectivity index (χ2n) is 9.30. The average Bonchev–Trinajstić information content (AvgIpc) is 3.64. The summed E-state index contributed by atoms with van der Waals surface area (Å²) in [6.45, 7) is -1.05. The number of aromatic nitrogens is 4. The summed E-state index contributed by atoms with van der Waals surface area (Å²) in [7, 11) is 1.62. The molecular formula is C24H21F4N7O5. The lowest BCUT2D eigenvalue weighted by Crippen LogP contribution is -2.62. The number of carbonyl (C=O) groups is 2. The number of hydrogen-bond acceptors (Lipinski definition) is 9. The zero-order valence-electron chi connectivity index (χ0n) is 20.6. The van der Waals surface area contributed by atoms with Crippen LogP contribution in [0.2, 0.25) is 0 Å². The first kappa shape index (κ1) is 27.2. The van der Waals surface area contributed by atoms with E-state index in [4.69, 9.17) is 5.73 Å². The largest absolute Gasteiger partial charge is 0.417 e. The molecule has 1 aromatic carbocycles. The molecule has 0 unspecified atom stereocenters. The number of hydrazine groups is 1. The molecule has 0 atom stereocenters. The third-order valence-electron chi connectivity index (χ3n) is 6.39. The van der Waals surface area contributed by atoms with Crippen molar-refractivity contribution >= 4 is 39.4 Å². The highest BCUT2D eigenvalue weighted by Crippen LogP contribution is 2.35. The Morgan fingerprint density at radius 1 is 1.12 bits per heavy atom. The van der Waals surface area contributed by atoms with Crippen molar-refractivity contribution in [3.8, 4) is 0 Å². The fourth-order valence-corrected chi connectivity index (χ4v) is 4.28. The first-order valence-corrected chi connectivity index (χ1v) is 11.7. The van der Waals surface area contributed by atoms with Gasteiger partial charge in [0.2, 0.25) is 0 Å². The molecule has 1 aliphatic carbocycles. The summed E-state index contributed by atoms with van der Waals surface area (Å²) >= 11 is 0. The number of halogens is 4. The van der Waals surface area contributed by atoms with Crippen LogP contribution in [0.15, 0.2) is 36.7 Å². The van der Waals surface area contributed by atoms with Crippen molar-refractivity contribution in [2.45, 2.75) is 31.7 Å². The lowest BCUT2D eigenvalue weighted by Gasteiger charge is -2.39. The average molecular weight is 563 g/mol. The van der Waals surface area contributed by atoms with E-state index < -0.39 is 53.6 Å². The number of nitrogens with zero attached hydrogens (tertiary/aromatic N) is 6. The van der Waals surface area contributed by atoms with Gasteiger partial charge in [0.15, 0.2) is 0 Å². The second kappa shape index (κ2) is 9.35. The van der Waals surface area contributed by atoms with Crippen LogP contribution in [0.25, 0.3) is 21.8 Å². The molecule has 0 aliphatic heterocycles. The summed E-state index contributed by atoms with van der Waals surface area (Å²) < 4.78 is 55.3. The number of nitrogen functional groups attached to an aromatic ring is 1. The number of aryl methyl sites for hydroxylation is 1. The summed E-state index contributed by atoms with van der Waals surface area (Å²) in [6.07, 6.45) is -6.44. The maximum Gasteiger partial charge on any atom is 0.417 e. The van der Waals surface area contributed by atoms with Crippen LogP contribution in [0.3, 0.4) is 0 Å². The van der Waals surface area contributed by atoms with Crippen LogP contribution in [0, 0.1) is 11.7 Å². The van der Waals surface area contributed by atoms with E-state index in [0.29, 0.717) is 45.9 Å². The number of hydrogen-bond donors (Lipinski definition) is 4. The van der Waals surface area contributed by atoms with E-state index in [0.717, 1.165) is 0 Å². The topological polar surface area (TPSA) is 171 Å². The van der Waals surface area contributed by atoms with Crippen molar-refractivity contribution in [3.63, 3.8) is 0 Å². The zero-order valence-corrected chi connectivity index (χ0v) is 20.6. The molecule has 0 spiro atoms. The first-order chi connectivity index (χ1) is 18.7. The fraction of sp³-hybridized carbons (Fsp3) is 0.292. The molecule has 210 valence electrons. The molecule has 1 aliphatic rings. The molecule has 3 heterocycles. The Morgan fingerprint density at radius 2 is 1.82 bits per heavy atom. The third kappa shape index (κ3) is 4.87. The van der Waals surface area contributed by atoms with E-state index in [1.165, 1.54) is 29.1 Å². The van der Waals surface area contributed by atoms with Crippen LogP contribution in [0.4, 0.5) is 23.4 Å². The lowest BCUT2D eigenvalue weighted by molar-refractivity contribution is -0.413. The van der Waals surface area contributed by atoms with Gasteiger partial charge in [0.1, 0.15) is 11.6 Å². The molecule has 0 saturated heterocycles. The standard InChI is InChI=1S/C24H21F4N7O5/c1-33-19-14-6-12(4-5-17(14)32-20(29)15(19)9-31-33)21(36)34(35(24(38,39)40)22(37)11-2-3-11)10-18-16(25)7-13(8-30-18)23(26,27)28/h4-9,11,38-40H,2-3,10H2,1H3,(H2,29,32). The Bertz CT molecular complexity index is 1660. The van der Waals surface area contributed by atoms with Gasteiger partial charge in [-0.1, -0.05) is 0 Å². The Morgan fingerprint density at radius 3 is 2.42 bits per heavy atom. The maximum absolute atomic E-state index is 14.7. The Hall–Kier alpha value is -4.41. The van der Waals surface area contributed by atoms with E-state index >= 15 is 0 Å². The summed E-state index contributed by atoms with van der Waals surface area (Å²) in [4.78, 5) is 34.5. The fourth-order valence-electron chi connectivity index (χ4n) is 4.28. The van der Waals surface area contributed by atoms with Crippen LogP contribution in [-0.4, -0.2) is 63.0 Å². The van der Waals surface area contributed by atoms with E-state index in [1.807, 2.05) is 0 Å². The number of pyridine rings is 2. The van der Waals surface area contributed by atoms with Crippen molar-refractivity contribution in [2.24, 2.45) is 13.0 Å². The molecule has 3 aromatic heterocycles. The number of rotatable bonds is 5. The monoisotopic (exact) mass is 563 g/mol. The predicted octanol–water partition coefficient (Wildman–Crippen LogP) is 1.64. The molecule has 12 nitrogen and oxygen atoms in total. The highest BCUT2D eigenvalue weighted by atomic mass is 19.4. The number of alkyl halides is 3. The number of aliphatic hydroxyl groups is 3. The van der Waals surface area contributed by atoms with Crippen LogP contribution in [0.1, 0.15) is 34.5 Å². The summed E-state index contributed by atoms with van der Waals surface area (Å²) in [6, 6.07) is 4.16. The molecular weight excluding hydrogens is 542 g/mol. The summed E-state index contributed by atoms with van der Waals surface area (Å²) in [5, 5.41) is 35.4. The number of carbonyl (C=O) groups excluding carboxylic acids is 2. The quantitative estimate of drug-likeness (QED) is 0.160. The van der Waals surface area contributed by atoms with Gasteiger partial charge in [-0.3, -0.25) is 19.3 Å². The van der Waals surface area contributed by atoms with Crippen molar-refractivity contribution in [1.82, 2.24) is 29.8 Å². The van der Waals surface area contributed by atoms with Gasteiger partial charge in [-0.25, -0.2) is 14.4 Å². The first-order valence-electron chi connectivity index (χ1n) is 11.7. The maximum atomic E-state index is 14.7. The second-order valence-corrected chi connectivity index (χ2v) is 9.30. The number of anilines is 1. The van der Waals surface area contributed by atoms with Crippen molar-refractivity contribution < 1.29 is 42.5 Å². The van der Waals surface area contributed by atoms with E-state index in [-0.39, 0.29) is 22.5 Å². The minimum absolute atomic E-state index is 0.0725. The SMILES string of the molecule is Cn1ncc2c(N)nc3ccc(C(=O)N(Cc4ncc(C(F)(F)F)cc4F)N(C(=O)C4CC4)C(O)(O)O)cc3c21. The van der Waals surface area contributed by atoms with Crippen LogP contribution < -0.4 is 5.73 Å². The number of benzene rings is 1. The predicted molar refractivity (Wildman–Crippen MR) is 128 cm³/mol. The lowest BCUT2D eigenvalue weighted by atomic mass is 10.1. The smallest absolute Gasteiger partial charge is 0.383 e. The zero-order chi connectivity index (χ0) is 29.1. The molecule has 40 heavy (non-hydrogen) atoms. The molecule has 2 amide bonds. The number of fused-ring (bicyclic) bond motifs is 3. The van der Waals surface area contributed by atoms with Gasteiger partial charge in [-0.2, -0.15) is 23.3 Å². The van der Waals surface area contributed by atoms with Crippen molar-refractivity contribution in [1.29, 1.82) is 0 Å². The summed E-state index contributed by atoms with van der Waals surface area (Å²) in [5.41, 5.74) is 4.51. The number of amides is 2. The van der Waals surface area contributed by atoms with Crippen LogP contribution in [-0.2, 0) is 24.6 Å². The van der Waals surface area contributed by atoms with E-state index in [1.54, 1.807) is 7.05 Å². The van der Waals surface area contributed by atoms with Crippen molar-refractivity contribution in [2.75, 3.05) is 5.73 Å². The van der Waals surface area contributed by atoms with Crippen LogP contribution in [0.5, 0.6) is 0 Å². The Balaban J connectivity index is 1.63. The van der Waals surface area contributed by atoms with Gasteiger partial charge in [-0.15, -0.1) is 0 Å². The minimum Gasteiger partial charge on any atom is -0.383 e.